The molecule has 0 aliphatic heterocycles. The molecular formula is C11H12N4OS. The van der Waals surface area contributed by atoms with Gasteiger partial charge in [-0.1, -0.05) is 0 Å². The Morgan fingerprint density at radius 3 is 3.12 bits per heavy atom. The highest BCUT2D eigenvalue weighted by Gasteiger charge is 2.19. The van der Waals surface area contributed by atoms with Crippen molar-refractivity contribution in [2.24, 2.45) is 0 Å². The molecule has 0 saturated heterocycles. The van der Waals surface area contributed by atoms with Crippen LogP contribution in [-0.4, -0.2) is 16.1 Å². The van der Waals surface area contributed by atoms with Crippen LogP contribution in [0.5, 0.6) is 0 Å². The van der Waals surface area contributed by atoms with E-state index in [-0.39, 0.29) is 5.91 Å². The van der Waals surface area contributed by atoms with Crippen molar-refractivity contribution in [3.8, 4) is 0 Å². The molecular weight excluding hydrogens is 236 g/mol. The minimum Gasteiger partial charge on any atom is -0.394 e. The Kier molecular flexibility index (Phi) is 2.36. The fraction of sp³-hybridized carbons (Fsp3) is 0.273. The third kappa shape index (κ3) is 1.80. The fourth-order valence-corrected chi connectivity index (χ4v) is 3.16. The van der Waals surface area contributed by atoms with E-state index >= 15 is 0 Å². The number of H-pyrrole nitrogens is 1. The zero-order valence-electron chi connectivity index (χ0n) is 9.12. The summed E-state index contributed by atoms with van der Waals surface area (Å²) in [5.74, 6) is 0.337. The third-order valence-corrected chi connectivity index (χ3v) is 4.11. The predicted molar refractivity (Wildman–Crippen MR) is 67.3 cm³/mol. The van der Waals surface area contributed by atoms with Crippen molar-refractivity contribution in [2.75, 3.05) is 11.1 Å². The summed E-state index contributed by atoms with van der Waals surface area (Å²) < 4.78 is 0. The second-order valence-electron chi connectivity index (χ2n) is 4.07. The number of thiophene rings is 1. The lowest BCUT2D eigenvalue weighted by Crippen LogP contribution is -2.11. The molecule has 0 fully saturated rings. The van der Waals surface area contributed by atoms with Crippen molar-refractivity contribution < 1.29 is 4.79 Å². The zero-order chi connectivity index (χ0) is 11.8. The van der Waals surface area contributed by atoms with Gasteiger partial charge in [0.1, 0.15) is 0 Å². The standard InChI is InChI=1S/C11H12N4OS/c12-7-5-13-15-10(7)14-11(16)9-4-6-2-1-3-8(6)17-9/h4-5H,1-3,12H2,(H2,13,14,15,16). The molecule has 0 radical (unpaired) electrons. The van der Waals surface area contributed by atoms with Crippen LogP contribution in [-0.2, 0) is 12.8 Å². The first-order valence-corrected chi connectivity index (χ1v) is 6.27. The molecule has 88 valence electrons. The molecule has 2 aromatic heterocycles. The quantitative estimate of drug-likeness (QED) is 0.757. The molecule has 6 heteroatoms. The van der Waals surface area contributed by atoms with Gasteiger partial charge in [0.05, 0.1) is 16.8 Å². The second kappa shape index (κ2) is 3.89. The summed E-state index contributed by atoms with van der Waals surface area (Å²) in [6.45, 7) is 0. The van der Waals surface area contributed by atoms with Gasteiger partial charge in [-0.05, 0) is 30.9 Å². The highest BCUT2D eigenvalue weighted by atomic mass is 32.1. The topological polar surface area (TPSA) is 83.8 Å². The number of nitrogens with one attached hydrogen (secondary N) is 2. The normalized spacial score (nSPS) is 13.6. The largest absolute Gasteiger partial charge is 0.394 e. The molecule has 17 heavy (non-hydrogen) atoms. The molecule has 0 saturated carbocycles. The molecule has 1 amide bonds. The highest BCUT2D eigenvalue weighted by Crippen LogP contribution is 2.31. The maximum absolute atomic E-state index is 12.0. The number of amides is 1. The number of nitrogens with zero attached hydrogens (tertiary/aromatic N) is 1. The van der Waals surface area contributed by atoms with Crippen LogP contribution in [0.2, 0.25) is 0 Å². The minimum atomic E-state index is -0.125. The fourth-order valence-electron chi connectivity index (χ4n) is 2.01. The minimum absolute atomic E-state index is 0.125. The lowest BCUT2D eigenvalue weighted by Gasteiger charge is -2.00. The number of aromatic nitrogens is 2. The molecule has 5 nitrogen and oxygen atoms in total. The number of aromatic amines is 1. The first kappa shape index (κ1) is 10.3. The van der Waals surface area contributed by atoms with E-state index in [1.54, 1.807) is 11.3 Å². The molecule has 2 aromatic rings. The molecule has 2 heterocycles. The molecule has 3 rings (SSSR count). The van der Waals surface area contributed by atoms with E-state index in [0.717, 1.165) is 17.7 Å². The molecule has 1 aliphatic rings. The summed E-state index contributed by atoms with van der Waals surface area (Å²) in [7, 11) is 0. The first-order valence-electron chi connectivity index (χ1n) is 5.46. The Morgan fingerprint density at radius 1 is 1.53 bits per heavy atom. The van der Waals surface area contributed by atoms with E-state index < -0.39 is 0 Å². The molecule has 0 bridgehead atoms. The van der Waals surface area contributed by atoms with E-state index in [1.165, 1.54) is 23.1 Å². The van der Waals surface area contributed by atoms with Crippen LogP contribution in [0, 0.1) is 0 Å². The van der Waals surface area contributed by atoms with Gasteiger partial charge < -0.3 is 11.1 Å². The van der Waals surface area contributed by atoms with Crippen LogP contribution in [0.1, 0.15) is 26.5 Å². The third-order valence-electron chi connectivity index (χ3n) is 2.88. The van der Waals surface area contributed by atoms with Crippen LogP contribution in [0.25, 0.3) is 0 Å². The summed E-state index contributed by atoms with van der Waals surface area (Å²) in [6, 6.07) is 1.98. The summed E-state index contributed by atoms with van der Waals surface area (Å²) >= 11 is 1.57. The Balaban J connectivity index is 1.80. The number of carbonyl (C=O) groups excluding carboxylic acids is 1. The summed E-state index contributed by atoms with van der Waals surface area (Å²) in [5.41, 5.74) is 7.40. The smallest absolute Gasteiger partial charge is 0.266 e. The SMILES string of the molecule is Nc1cn[nH]c1NC(=O)c1cc2c(s1)CCC2. The molecule has 0 spiro atoms. The zero-order valence-corrected chi connectivity index (χ0v) is 9.93. The van der Waals surface area contributed by atoms with Gasteiger partial charge in [0.2, 0.25) is 0 Å². The van der Waals surface area contributed by atoms with Crippen LogP contribution < -0.4 is 11.1 Å². The van der Waals surface area contributed by atoms with Crippen molar-refractivity contribution in [3.05, 3.63) is 27.6 Å². The first-order chi connectivity index (χ1) is 8.24. The second-order valence-corrected chi connectivity index (χ2v) is 5.20. The Labute approximate surface area is 102 Å². The molecule has 1 aliphatic carbocycles. The van der Waals surface area contributed by atoms with E-state index in [1.807, 2.05) is 6.07 Å². The lowest BCUT2D eigenvalue weighted by molar-refractivity contribution is 0.103. The highest BCUT2D eigenvalue weighted by molar-refractivity contribution is 7.14. The Hall–Kier alpha value is -1.82. The van der Waals surface area contributed by atoms with E-state index in [4.69, 9.17) is 5.73 Å². The number of carbonyl (C=O) groups is 1. The van der Waals surface area contributed by atoms with Crippen LogP contribution >= 0.6 is 11.3 Å². The van der Waals surface area contributed by atoms with Gasteiger partial charge in [0.15, 0.2) is 5.82 Å². The van der Waals surface area contributed by atoms with Crippen LogP contribution in [0.4, 0.5) is 11.5 Å². The van der Waals surface area contributed by atoms with E-state index in [0.29, 0.717) is 11.5 Å². The average molecular weight is 248 g/mol. The average Bonchev–Trinajstić information content (AvgIpc) is 2.93. The van der Waals surface area contributed by atoms with Gasteiger partial charge >= 0.3 is 0 Å². The molecule has 0 unspecified atom stereocenters. The number of nitrogens with two attached hydrogens (primary N) is 1. The van der Waals surface area contributed by atoms with Crippen molar-refractivity contribution in [1.82, 2.24) is 10.2 Å². The van der Waals surface area contributed by atoms with Gasteiger partial charge in [-0.2, -0.15) is 5.10 Å². The monoisotopic (exact) mass is 248 g/mol. The van der Waals surface area contributed by atoms with Gasteiger partial charge in [0.25, 0.3) is 5.91 Å². The summed E-state index contributed by atoms with van der Waals surface area (Å²) in [6.07, 6.45) is 4.87. The molecule has 0 aromatic carbocycles. The van der Waals surface area contributed by atoms with Crippen molar-refractivity contribution in [2.45, 2.75) is 19.3 Å². The van der Waals surface area contributed by atoms with Gasteiger partial charge in [-0.3, -0.25) is 9.89 Å². The van der Waals surface area contributed by atoms with Crippen molar-refractivity contribution in [3.63, 3.8) is 0 Å². The molecule has 4 N–H and O–H groups in total. The van der Waals surface area contributed by atoms with Gasteiger partial charge in [-0.25, -0.2) is 0 Å². The van der Waals surface area contributed by atoms with Gasteiger partial charge in [0, 0.05) is 4.88 Å². The van der Waals surface area contributed by atoms with Gasteiger partial charge in [-0.15, -0.1) is 11.3 Å². The lowest BCUT2D eigenvalue weighted by atomic mass is 10.2. The van der Waals surface area contributed by atoms with E-state index in [9.17, 15) is 4.79 Å². The molecule has 0 atom stereocenters. The van der Waals surface area contributed by atoms with E-state index in [2.05, 4.69) is 15.5 Å². The number of anilines is 2. The predicted octanol–water partition coefficient (Wildman–Crippen LogP) is 1.79. The maximum atomic E-state index is 12.0. The van der Waals surface area contributed by atoms with Crippen molar-refractivity contribution in [1.29, 1.82) is 0 Å². The number of hydrogen-bond acceptors (Lipinski definition) is 4. The summed E-state index contributed by atoms with van der Waals surface area (Å²) in [5, 5.41) is 9.13. The number of aryl methyl sites for hydroxylation is 2. The Bertz CT molecular complexity index is 550. The van der Waals surface area contributed by atoms with Crippen LogP contribution in [0.15, 0.2) is 12.3 Å². The number of nitrogen functional groups attached to an aromatic ring is 1. The number of rotatable bonds is 2. The summed E-state index contributed by atoms with van der Waals surface area (Å²) in [4.78, 5) is 14.0. The Morgan fingerprint density at radius 2 is 2.41 bits per heavy atom. The van der Waals surface area contributed by atoms with Crippen molar-refractivity contribution >= 4 is 28.7 Å². The maximum Gasteiger partial charge on any atom is 0.266 e. The number of fused-ring (bicyclic) bond motifs is 1. The number of hydrogen-bond donors (Lipinski definition) is 3. The van der Waals surface area contributed by atoms with Crippen LogP contribution in [0.3, 0.4) is 0 Å².